The molecule has 0 amide bonds. The number of aliphatic carboxylic acids is 1. The van der Waals surface area contributed by atoms with E-state index in [9.17, 15) is 9.90 Å². The lowest BCUT2D eigenvalue weighted by Crippen LogP contribution is -2.21. The van der Waals surface area contributed by atoms with Gasteiger partial charge in [-0.3, -0.25) is 4.79 Å². The summed E-state index contributed by atoms with van der Waals surface area (Å²) in [6.45, 7) is 6.43. The highest BCUT2D eigenvalue weighted by molar-refractivity contribution is 5.67. The van der Waals surface area contributed by atoms with Crippen molar-refractivity contribution >= 4 is 5.97 Å². The molecule has 0 spiro atoms. The molecule has 0 aromatic heterocycles. The number of aliphatic hydroxyl groups is 1. The van der Waals surface area contributed by atoms with E-state index in [1.54, 1.807) is 0 Å². The fraction of sp³-hybridized carbons (Fsp3) is 0.900. The molecule has 0 rings (SSSR count). The molecule has 4 nitrogen and oxygen atoms in total. The van der Waals surface area contributed by atoms with Crippen LogP contribution in [0, 0.1) is 0 Å². The molecule has 0 aliphatic rings. The Kier molecular flexibility index (Phi) is 5.72. The van der Waals surface area contributed by atoms with Crippen LogP contribution >= 0.6 is 0 Å². The van der Waals surface area contributed by atoms with Crippen LogP contribution in [0.5, 0.6) is 0 Å². The molecule has 0 unspecified atom stereocenters. The van der Waals surface area contributed by atoms with Gasteiger partial charge in [0.05, 0.1) is 18.1 Å². The fourth-order valence-corrected chi connectivity index (χ4v) is 1.00. The van der Waals surface area contributed by atoms with Gasteiger partial charge in [-0.1, -0.05) is 0 Å². The zero-order chi connectivity index (χ0) is 11.2. The van der Waals surface area contributed by atoms with Gasteiger partial charge in [-0.05, 0) is 33.6 Å². The minimum Gasteiger partial charge on any atom is -0.481 e. The van der Waals surface area contributed by atoms with E-state index in [0.29, 0.717) is 19.4 Å². The zero-order valence-electron chi connectivity index (χ0n) is 9.12. The average Bonchev–Trinajstić information content (AvgIpc) is 1.95. The Hall–Kier alpha value is -0.610. The van der Waals surface area contributed by atoms with Crippen LogP contribution in [0.25, 0.3) is 0 Å². The largest absolute Gasteiger partial charge is 0.481 e. The van der Waals surface area contributed by atoms with Crippen LogP contribution in [-0.2, 0) is 9.53 Å². The van der Waals surface area contributed by atoms with Crippen molar-refractivity contribution in [3.05, 3.63) is 0 Å². The number of carboxylic acid groups (broad SMARTS) is 1. The molecular formula is C10H20O4. The molecular weight excluding hydrogens is 184 g/mol. The molecule has 2 N–H and O–H groups in total. The second kappa shape index (κ2) is 5.98. The summed E-state index contributed by atoms with van der Waals surface area (Å²) >= 11 is 0. The van der Waals surface area contributed by atoms with Crippen LogP contribution in [0.1, 0.15) is 40.0 Å². The Morgan fingerprint density at radius 2 is 2.00 bits per heavy atom. The third-order valence-corrected chi connectivity index (χ3v) is 1.63. The topological polar surface area (TPSA) is 66.8 Å². The zero-order valence-corrected chi connectivity index (χ0v) is 9.12. The second-order valence-corrected chi connectivity index (χ2v) is 4.35. The van der Waals surface area contributed by atoms with Crippen LogP contribution in [-0.4, -0.2) is 34.5 Å². The van der Waals surface area contributed by atoms with Gasteiger partial charge in [0.1, 0.15) is 0 Å². The lowest BCUT2D eigenvalue weighted by molar-refractivity contribution is -0.139. The van der Waals surface area contributed by atoms with Crippen LogP contribution in [0.2, 0.25) is 0 Å². The van der Waals surface area contributed by atoms with Gasteiger partial charge in [0, 0.05) is 6.61 Å². The van der Waals surface area contributed by atoms with Gasteiger partial charge in [-0.15, -0.1) is 0 Å². The molecule has 0 aliphatic carbocycles. The summed E-state index contributed by atoms with van der Waals surface area (Å²) in [5.41, 5.74) is -0.169. The van der Waals surface area contributed by atoms with Gasteiger partial charge in [0.2, 0.25) is 0 Å². The molecule has 0 heterocycles. The van der Waals surface area contributed by atoms with Crippen LogP contribution in [0.4, 0.5) is 0 Å². The molecule has 0 saturated heterocycles. The van der Waals surface area contributed by atoms with Gasteiger partial charge in [0.25, 0.3) is 0 Å². The molecule has 0 bridgehead atoms. The van der Waals surface area contributed by atoms with Crippen molar-refractivity contribution in [1.82, 2.24) is 0 Å². The first-order chi connectivity index (χ1) is 6.31. The Labute approximate surface area is 84.9 Å². The standard InChI is InChI=1S/C10H20O4/c1-10(2,3)14-6-4-5-8(11)7-9(12)13/h8,11H,4-7H2,1-3H3,(H,12,13)/t8-/m1/s1. The van der Waals surface area contributed by atoms with E-state index in [0.717, 1.165) is 0 Å². The Balaban J connectivity index is 3.41. The average molecular weight is 204 g/mol. The molecule has 0 radical (unpaired) electrons. The third kappa shape index (κ3) is 9.48. The van der Waals surface area contributed by atoms with Gasteiger partial charge < -0.3 is 14.9 Å². The molecule has 0 fully saturated rings. The summed E-state index contributed by atoms with van der Waals surface area (Å²) in [4.78, 5) is 10.2. The van der Waals surface area contributed by atoms with Crippen LogP contribution in [0.3, 0.4) is 0 Å². The molecule has 84 valence electrons. The summed E-state index contributed by atoms with van der Waals surface area (Å²) in [6, 6.07) is 0. The predicted octanol–water partition coefficient (Wildman–Crippen LogP) is 1.42. The highest BCUT2D eigenvalue weighted by atomic mass is 16.5. The van der Waals surface area contributed by atoms with E-state index >= 15 is 0 Å². The highest BCUT2D eigenvalue weighted by Gasteiger charge is 2.11. The normalized spacial score (nSPS) is 14.0. The maximum absolute atomic E-state index is 10.2. The van der Waals surface area contributed by atoms with Gasteiger partial charge in [-0.2, -0.15) is 0 Å². The molecule has 4 heteroatoms. The van der Waals surface area contributed by atoms with Crippen molar-refractivity contribution in [2.75, 3.05) is 6.61 Å². The van der Waals surface area contributed by atoms with Crippen molar-refractivity contribution in [2.45, 2.75) is 51.7 Å². The number of rotatable bonds is 6. The number of carbonyl (C=O) groups is 1. The third-order valence-electron chi connectivity index (χ3n) is 1.63. The van der Waals surface area contributed by atoms with Crippen molar-refractivity contribution in [1.29, 1.82) is 0 Å². The predicted molar refractivity (Wildman–Crippen MR) is 53.2 cm³/mol. The number of ether oxygens (including phenoxy) is 1. The lowest BCUT2D eigenvalue weighted by atomic mass is 10.1. The number of hydrogen-bond acceptors (Lipinski definition) is 3. The number of aliphatic hydroxyl groups excluding tert-OH is 1. The van der Waals surface area contributed by atoms with Crippen molar-refractivity contribution < 1.29 is 19.7 Å². The summed E-state index contributed by atoms with van der Waals surface area (Å²) in [7, 11) is 0. The van der Waals surface area contributed by atoms with Gasteiger partial charge in [-0.25, -0.2) is 0 Å². The van der Waals surface area contributed by atoms with E-state index in [2.05, 4.69) is 0 Å². The Bertz CT molecular complexity index is 171. The molecule has 0 aliphatic heterocycles. The Morgan fingerprint density at radius 3 is 2.43 bits per heavy atom. The van der Waals surface area contributed by atoms with Gasteiger partial charge >= 0.3 is 5.97 Å². The van der Waals surface area contributed by atoms with E-state index in [1.165, 1.54) is 0 Å². The molecule has 1 atom stereocenters. The summed E-state index contributed by atoms with van der Waals surface area (Å²) in [5, 5.41) is 17.6. The maximum Gasteiger partial charge on any atom is 0.305 e. The first kappa shape index (κ1) is 13.4. The van der Waals surface area contributed by atoms with Crippen LogP contribution < -0.4 is 0 Å². The fourth-order valence-electron chi connectivity index (χ4n) is 1.00. The lowest BCUT2D eigenvalue weighted by Gasteiger charge is -2.19. The first-order valence-electron chi connectivity index (χ1n) is 4.85. The van der Waals surface area contributed by atoms with E-state index in [4.69, 9.17) is 9.84 Å². The summed E-state index contributed by atoms with van der Waals surface area (Å²) < 4.78 is 5.43. The van der Waals surface area contributed by atoms with Gasteiger partial charge in [0.15, 0.2) is 0 Å². The van der Waals surface area contributed by atoms with Crippen molar-refractivity contribution in [3.63, 3.8) is 0 Å². The first-order valence-corrected chi connectivity index (χ1v) is 4.85. The smallest absolute Gasteiger partial charge is 0.305 e. The summed E-state index contributed by atoms with van der Waals surface area (Å²) in [5.74, 6) is -0.964. The molecule has 0 aromatic rings. The van der Waals surface area contributed by atoms with Crippen molar-refractivity contribution in [3.8, 4) is 0 Å². The van der Waals surface area contributed by atoms with Crippen LogP contribution in [0.15, 0.2) is 0 Å². The SMILES string of the molecule is CC(C)(C)OCCC[C@@H](O)CC(=O)O. The second-order valence-electron chi connectivity index (χ2n) is 4.35. The molecule has 0 saturated carbocycles. The highest BCUT2D eigenvalue weighted by Crippen LogP contribution is 2.09. The van der Waals surface area contributed by atoms with Crippen molar-refractivity contribution in [2.24, 2.45) is 0 Å². The quantitative estimate of drug-likeness (QED) is 0.642. The van der Waals surface area contributed by atoms with E-state index in [1.807, 2.05) is 20.8 Å². The van der Waals surface area contributed by atoms with E-state index < -0.39 is 12.1 Å². The number of carboxylic acids is 1. The maximum atomic E-state index is 10.2. The summed E-state index contributed by atoms with van der Waals surface area (Å²) in [6.07, 6.45) is 0.222. The minimum atomic E-state index is -0.964. The number of hydrogen-bond donors (Lipinski definition) is 2. The Morgan fingerprint density at radius 1 is 1.43 bits per heavy atom. The monoisotopic (exact) mass is 204 g/mol. The molecule has 0 aromatic carbocycles. The minimum absolute atomic E-state index is 0.169. The van der Waals surface area contributed by atoms with E-state index in [-0.39, 0.29) is 12.0 Å². The molecule has 14 heavy (non-hydrogen) atoms.